The zero-order valence-electron chi connectivity index (χ0n) is 18.0. The maximum Gasteiger partial charge on any atom is 0.247 e. The summed E-state index contributed by atoms with van der Waals surface area (Å²) in [6.07, 6.45) is 3.58. The summed E-state index contributed by atoms with van der Waals surface area (Å²) in [7, 11) is 0. The van der Waals surface area contributed by atoms with Crippen LogP contribution >= 0.6 is 0 Å². The highest BCUT2D eigenvalue weighted by Crippen LogP contribution is 2.21. The molecule has 32 heavy (non-hydrogen) atoms. The van der Waals surface area contributed by atoms with Gasteiger partial charge in [-0.2, -0.15) is 0 Å². The molecule has 0 fully saturated rings. The lowest BCUT2D eigenvalue weighted by molar-refractivity contribution is -0.121. The maximum absolute atomic E-state index is 12.7. The molecule has 1 N–H and O–H groups in total. The number of carbonyl (C=O) groups is 1. The third-order valence-corrected chi connectivity index (χ3v) is 5.39. The first-order valence-corrected chi connectivity index (χ1v) is 11.0. The molecule has 1 heterocycles. The van der Waals surface area contributed by atoms with E-state index in [2.05, 4.69) is 51.9 Å². The minimum atomic E-state index is -0.0185. The molecule has 1 atom stereocenters. The summed E-state index contributed by atoms with van der Waals surface area (Å²) < 4.78 is 5.72. The molecular formula is C27H27N3O2. The molecule has 0 bridgehead atoms. The van der Waals surface area contributed by atoms with Crippen molar-refractivity contribution in [3.63, 3.8) is 0 Å². The highest BCUT2D eigenvalue weighted by Gasteiger charge is 2.16. The maximum atomic E-state index is 12.7. The Labute approximate surface area is 188 Å². The fourth-order valence-corrected chi connectivity index (χ4v) is 3.70. The van der Waals surface area contributed by atoms with E-state index in [0.29, 0.717) is 24.6 Å². The van der Waals surface area contributed by atoms with Crippen LogP contribution in [0.2, 0.25) is 0 Å². The van der Waals surface area contributed by atoms with Gasteiger partial charge in [-0.3, -0.25) is 4.79 Å². The van der Waals surface area contributed by atoms with Crippen LogP contribution in [0.15, 0.2) is 95.4 Å². The van der Waals surface area contributed by atoms with Crippen LogP contribution in [0, 0.1) is 0 Å². The molecule has 162 valence electrons. The van der Waals surface area contributed by atoms with E-state index in [1.54, 1.807) is 0 Å². The molecule has 0 saturated carbocycles. The average Bonchev–Trinajstić information content (AvgIpc) is 3.33. The van der Waals surface area contributed by atoms with Crippen LogP contribution in [0.4, 0.5) is 0 Å². The van der Waals surface area contributed by atoms with Crippen LogP contribution in [-0.4, -0.2) is 16.1 Å². The van der Waals surface area contributed by atoms with E-state index < -0.39 is 0 Å². The fraction of sp³-hybridized carbons (Fsp3) is 0.222. The van der Waals surface area contributed by atoms with Crippen LogP contribution in [0.3, 0.4) is 0 Å². The number of rotatable bonds is 10. The van der Waals surface area contributed by atoms with Gasteiger partial charge in [-0.25, -0.2) is 0 Å². The van der Waals surface area contributed by atoms with Gasteiger partial charge in [0.2, 0.25) is 17.7 Å². The van der Waals surface area contributed by atoms with E-state index in [4.69, 9.17) is 4.42 Å². The van der Waals surface area contributed by atoms with Gasteiger partial charge in [0.1, 0.15) is 0 Å². The van der Waals surface area contributed by atoms with Crippen LogP contribution in [0.5, 0.6) is 0 Å². The normalized spacial score (nSPS) is 11.8. The minimum Gasteiger partial charge on any atom is -0.421 e. The summed E-state index contributed by atoms with van der Waals surface area (Å²) in [6, 6.07) is 30.2. The first-order chi connectivity index (χ1) is 15.8. The van der Waals surface area contributed by atoms with Gasteiger partial charge in [0.15, 0.2) is 0 Å². The molecule has 1 unspecified atom stereocenters. The van der Waals surface area contributed by atoms with Gasteiger partial charge in [0.25, 0.3) is 0 Å². The van der Waals surface area contributed by atoms with Gasteiger partial charge in [-0.05, 0) is 42.5 Å². The molecule has 3 aromatic carbocycles. The predicted molar refractivity (Wildman–Crippen MR) is 125 cm³/mol. The monoisotopic (exact) mass is 425 g/mol. The van der Waals surface area contributed by atoms with Gasteiger partial charge in [0, 0.05) is 18.4 Å². The van der Waals surface area contributed by atoms with Crippen LogP contribution < -0.4 is 5.32 Å². The van der Waals surface area contributed by atoms with Crippen molar-refractivity contribution < 1.29 is 9.21 Å². The first kappa shape index (κ1) is 21.5. The molecule has 0 spiro atoms. The Morgan fingerprint density at radius 2 is 1.47 bits per heavy atom. The summed E-state index contributed by atoms with van der Waals surface area (Å²) in [5, 5.41) is 11.4. The molecule has 0 saturated heterocycles. The number of hydrogen-bond donors (Lipinski definition) is 1. The van der Waals surface area contributed by atoms with Gasteiger partial charge in [-0.15, -0.1) is 10.2 Å². The van der Waals surface area contributed by atoms with Crippen LogP contribution in [0.1, 0.15) is 42.3 Å². The number of amides is 1. The Morgan fingerprint density at radius 3 is 2.19 bits per heavy atom. The lowest BCUT2D eigenvalue weighted by Gasteiger charge is -2.19. The van der Waals surface area contributed by atoms with E-state index in [-0.39, 0.29) is 11.9 Å². The van der Waals surface area contributed by atoms with Crippen LogP contribution in [-0.2, 0) is 17.6 Å². The predicted octanol–water partition coefficient (Wildman–Crippen LogP) is 5.55. The molecule has 4 aromatic rings. The number of nitrogens with zero attached hydrogens (tertiary/aromatic N) is 2. The number of nitrogens with one attached hydrogen (secondary N) is 1. The number of carbonyl (C=O) groups excluding carboxylic acids is 1. The standard InChI is InChI=1S/C27H27N3O2/c31-25(19-20-26-29-30-27(32-26)23-16-8-3-9-17-23)28-24(22-14-6-2-7-15-22)18-10-13-21-11-4-1-5-12-21/h1-9,11-12,14-17,24H,10,13,18-20H2,(H,28,31). The van der Waals surface area contributed by atoms with Gasteiger partial charge < -0.3 is 9.73 Å². The number of hydrogen-bond acceptors (Lipinski definition) is 4. The molecule has 0 radical (unpaired) electrons. The van der Waals surface area contributed by atoms with Crippen molar-refractivity contribution in [1.82, 2.24) is 15.5 Å². The van der Waals surface area contributed by atoms with Crippen molar-refractivity contribution in [1.29, 1.82) is 0 Å². The SMILES string of the molecule is O=C(CCc1nnc(-c2ccccc2)o1)NC(CCCc1ccccc1)c1ccccc1. The number of aromatic nitrogens is 2. The van der Waals surface area contributed by atoms with Gasteiger partial charge in [0.05, 0.1) is 6.04 Å². The summed E-state index contributed by atoms with van der Waals surface area (Å²) in [5.41, 5.74) is 3.31. The largest absolute Gasteiger partial charge is 0.421 e. The molecule has 1 amide bonds. The second kappa shape index (κ2) is 11.0. The minimum absolute atomic E-state index is 0.0157. The lowest BCUT2D eigenvalue weighted by atomic mass is 9.98. The highest BCUT2D eigenvalue weighted by atomic mass is 16.4. The Morgan fingerprint density at radius 1 is 0.812 bits per heavy atom. The first-order valence-electron chi connectivity index (χ1n) is 11.0. The Balaban J connectivity index is 1.32. The highest BCUT2D eigenvalue weighted by molar-refractivity contribution is 5.76. The number of aryl methyl sites for hydroxylation is 2. The average molecular weight is 426 g/mol. The molecular weight excluding hydrogens is 398 g/mol. The Hall–Kier alpha value is -3.73. The van der Waals surface area contributed by atoms with Crippen molar-refractivity contribution in [3.8, 4) is 11.5 Å². The third-order valence-electron chi connectivity index (χ3n) is 5.39. The van der Waals surface area contributed by atoms with Crippen molar-refractivity contribution in [2.45, 2.75) is 38.1 Å². The molecule has 1 aromatic heterocycles. The molecule has 0 aliphatic carbocycles. The van der Waals surface area contributed by atoms with E-state index in [9.17, 15) is 4.79 Å². The molecule has 0 aliphatic heterocycles. The second-order valence-electron chi connectivity index (χ2n) is 7.78. The van der Waals surface area contributed by atoms with E-state index in [1.165, 1.54) is 5.56 Å². The van der Waals surface area contributed by atoms with Crippen LogP contribution in [0.25, 0.3) is 11.5 Å². The van der Waals surface area contributed by atoms with Gasteiger partial charge >= 0.3 is 0 Å². The zero-order chi connectivity index (χ0) is 22.0. The topological polar surface area (TPSA) is 68.0 Å². The second-order valence-corrected chi connectivity index (χ2v) is 7.78. The van der Waals surface area contributed by atoms with Crippen molar-refractivity contribution in [2.75, 3.05) is 0 Å². The summed E-state index contributed by atoms with van der Waals surface area (Å²) in [4.78, 5) is 12.7. The molecule has 5 nitrogen and oxygen atoms in total. The Bertz CT molecular complexity index is 1100. The number of benzene rings is 3. The molecule has 4 rings (SSSR count). The van der Waals surface area contributed by atoms with E-state index in [0.717, 1.165) is 30.4 Å². The zero-order valence-corrected chi connectivity index (χ0v) is 18.0. The summed E-state index contributed by atoms with van der Waals surface area (Å²) in [6.45, 7) is 0. The fourth-order valence-electron chi connectivity index (χ4n) is 3.70. The Kier molecular flexibility index (Phi) is 7.42. The smallest absolute Gasteiger partial charge is 0.247 e. The van der Waals surface area contributed by atoms with Gasteiger partial charge in [-0.1, -0.05) is 78.9 Å². The summed E-state index contributed by atoms with van der Waals surface area (Å²) >= 11 is 0. The van der Waals surface area contributed by atoms with Crippen molar-refractivity contribution in [3.05, 3.63) is 108 Å². The van der Waals surface area contributed by atoms with E-state index >= 15 is 0 Å². The quantitative estimate of drug-likeness (QED) is 0.362. The lowest BCUT2D eigenvalue weighted by Crippen LogP contribution is -2.28. The molecule has 0 aliphatic rings. The van der Waals surface area contributed by atoms with Crippen molar-refractivity contribution in [2.24, 2.45) is 0 Å². The third kappa shape index (κ3) is 6.14. The van der Waals surface area contributed by atoms with E-state index in [1.807, 2.05) is 54.6 Å². The summed E-state index contributed by atoms with van der Waals surface area (Å²) in [5.74, 6) is 0.932. The molecule has 5 heteroatoms. The van der Waals surface area contributed by atoms with Crippen molar-refractivity contribution >= 4 is 5.91 Å².